The monoisotopic (exact) mass is 1100 g/mol. The fourth-order valence-corrected chi connectivity index (χ4v) is 7.61. The largest absolute Gasteiger partial charge is 0.460 e. The van der Waals surface area contributed by atoms with Crippen molar-refractivity contribution in [2.75, 3.05) is 0 Å². The Morgan fingerprint density at radius 1 is 0.203 bits per heavy atom. The Morgan fingerprint density at radius 3 is 0.609 bits per heavy atom. The fourth-order valence-electron chi connectivity index (χ4n) is 5.35. The summed E-state index contributed by atoms with van der Waals surface area (Å²) >= 11 is 0. The molecule has 392 valence electrons. The highest BCUT2D eigenvalue weighted by molar-refractivity contribution is 7.79. The van der Waals surface area contributed by atoms with Gasteiger partial charge in [0, 0.05) is 11.1 Å². The van der Waals surface area contributed by atoms with Crippen LogP contribution in [0.4, 0.5) is 149 Å². The van der Waals surface area contributed by atoms with E-state index in [2.05, 4.69) is 0 Å². The van der Waals surface area contributed by atoms with Crippen LogP contribution in [0.5, 0.6) is 0 Å². The Morgan fingerprint density at radius 2 is 0.391 bits per heavy atom. The Hall–Kier alpha value is -4.29. The molecule has 0 aromatic heterocycles. The molecule has 0 aliphatic heterocycles. The molecule has 0 nitrogen and oxygen atoms in total. The van der Waals surface area contributed by atoms with Gasteiger partial charge in [0.15, 0.2) is 0 Å². The van der Waals surface area contributed by atoms with E-state index in [4.69, 9.17) is 0 Å². The van der Waals surface area contributed by atoms with Gasteiger partial charge < -0.3 is 0 Å². The van der Waals surface area contributed by atoms with Crippen molar-refractivity contribution in [3.05, 3.63) is 90.0 Å². The molecule has 0 saturated carbocycles. The molecule has 0 spiro atoms. The van der Waals surface area contributed by atoms with E-state index < -0.39 is 149 Å². The summed E-state index contributed by atoms with van der Waals surface area (Å²) in [5.41, 5.74) is -5.52. The van der Waals surface area contributed by atoms with E-state index in [9.17, 15) is 149 Å². The van der Waals surface area contributed by atoms with E-state index in [1.807, 2.05) is 0 Å². The molecule has 0 aliphatic rings. The first-order chi connectivity index (χ1) is 30.2. The lowest BCUT2D eigenvalue weighted by atomic mass is 9.87. The maximum absolute atomic E-state index is 15.0. The lowest BCUT2D eigenvalue weighted by Gasteiger charge is -2.42. The van der Waals surface area contributed by atoms with Gasteiger partial charge in [0.2, 0.25) is 0 Å². The van der Waals surface area contributed by atoms with Crippen molar-refractivity contribution in [2.45, 2.75) is 95.3 Å². The summed E-state index contributed by atoms with van der Waals surface area (Å²) in [7, 11) is -2.87. The van der Waals surface area contributed by atoms with Gasteiger partial charge in [0.05, 0.1) is 0 Å². The van der Waals surface area contributed by atoms with Crippen molar-refractivity contribution >= 4 is 23.8 Å². The van der Waals surface area contributed by atoms with Crippen molar-refractivity contribution in [1.82, 2.24) is 0 Å². The SMILES string of the molecule is FC(F)(F)C(F)(F)C(F)(F)C(F)(F)C(F)(F)C(F)(F)C(F)(F)C(F)(F)c1ccc(P(c2ccccc2)c2ccc(C(F)(F)C(F)(F)C(F)(F)C(F)(F)C(F)(F)C(F)(F)C(F)(F)C(F)(F)F)cc2)cc1. The molecule has 0 heterocycles. The van der Waals surface area contributed by atoms with Crippen LogP contribution in [-0.2, 0) is 11.8 Å². The first-order valence-corrected chi connectivity index (χ1v) is 18.0. The molecule has 0 aliphatic carbocycles. The van der Waals surface area contributed by atoms with Gasteiger partial charge in [-0.1, -0.05) is 78.9 Å². The summed E-state index contributed by atoms with van der Waals surface area (Å²) in [6, 6.07) is 3.02. The summed E-state index contributed by atoms with van der Waals surface area (Å²) in [6.07, 6.45) is -16.0. The Labute approximate surface area is 359 Å². The molecule has 0 fully saturated rings. The number of halogens is 34. The number of benzene rings is 3. The highest BCUT2D eigenvalue weighted by Crippen LogP contribution is 2.67. The molecular formula is C34H13F34P. The second-order valence-corrected chi connectivity index (χ2v) is 16.0. The summed E-state index contributed by atoms with van der Waals surface area (Å²) in [6.45, 7) is 0. The minimum atomic E-state index is -8.97. The molecule has 0 saturated heterocycles. The van der Waals surface area contributed by atoms with E-state index >= 15 is 0 Å². The standard InChI is InChI=1S/C34H13F34P/c35-19(36,21(39,40)23(43,44)25(47,48)27(51,52)29(55,56)31(59,60)33(63,64)65)14-6-10-17(11-7-14)69(16-4-2-1-3-5-16)18-12-8-15(9-13-18)20(37,38)22(41,42)24(45,46)26(49,50)28(53,54)30(57,58)32(61,62)34(66,67)68/h1-13H. The minimum Gasteiger partial charge on any atom is -0.194 e. The predicted molar refractivity (Wildman–Crippen MR) is 164 cm³/mol. The molecule has 3 aromatic carbocycles. The van der Waals surface area contributed by atoms with Gasteiger partial charge in [-0.15, -0.1) is 0 Å². The van der Waals surface area contributed by atoms with E-state index in [1.165, 1.54) is 0 Å². The summed E-state index contributed by atoms with van der Waals surface area (Å²) < 4.78 is 469. The average Bonchev–Trinajstić information content (AvgIpc) is 3.20. The van der Waals surface area contributed by atoms with Gasteiger partial charge in [-0.25, -0.2) is 0 Å². The third kappa shape index (κ3) is 8.04. The fraction of sp³-hybridized carbons (Fsp3) is 0.471. The molecule has 0 N–H and O–H groups in total. The van der Waals surface area contributed by atoms with Crippen molar-refractivity contribution < 1.29 is 149 Å². The second-order valence-electron chi connectivity index (χ2n) is 13.8. The molecule has 0 atom stereocenters. The van der Waals surface area contributed by atoms with E-state index in [0.29, 0.717) is 0 Å². The molecule has 0 unspecified atom stereocenters. The van der Waals surface area contributed by atoms with Crippen LogP contribution in [0.1, 0.15) is 11.1 Å². The topological polar surface area (TPSA) is 0 Å². The molecule has 0 bridgehead atoms. The summed E-state index contributed by atoms with van der Waals surface area (Å²) in [5, 5.41) is -1.85. The van der Waals surface area contributed by atoms with Crippen LogP contribution in [-0.4, -0.2) is 83.4 Å². The molecule has 3 rings (SSSR count). The van der Waals surface area contributed by atoms with Crippen LogP contribution in [0.2, 0.25) is 0 Å². The maximum atomic E-state index is 15.0. The van der Waals surface area contributed by atoms with Gasteiger partial charge in [0.25, 0.3) is 0 Å². The van der Waals surface area contributed by atoms with Crippen LogP contribution < -0.4 is 15.9 Å². The lowest BCUT2D eigenvalue weighted by Crippen LogP contribution is -2.74. The van der Waals surface area contributed by atoms with Gasteiger partial charge >= 0.3 is 95.3 Å². The van der Waals surface area contributed by atoms with Gasteiger partial charge in [0.1, 0.15) is 0 Å². The van der Waals surface area contributed by atoms with Crippen LogP contribution >= 0.6 is 7.92 Å². The van der Waals surface area contributed by atoms with Gasteiger partial charge in [-0.3, -0.25) is 0 Å². The summed E-state index contributed by atoms with van der Waals surface area (Å²) in [5.74, 6) is -118. The van der Waals surface area contributed by atoms with Gasteiger partial charge in [-0.05, 0) is 23.8 Å². The molecule has 0 radical (unpaired) electrons. The zero-order chi connectivity index (χ0) is 54.7. The van der Waals surface area contributed by atoms with E-state index in [-0.39, 0.29) is 29.6 Å². The predicted octanol–water partition coefficient (Wildman–Crippen LogP) is 14.4. The number of hydrogen-bond donors (Lipinski definition) is 0. The Balaban J connectivity index is 2.14. The number of alkyl halides is 34. The second kappa shape index (κ2) is 16.6. The molecule has 35 heteroatoms. The number of rotatable bonds is 17. The van der Waals surface area contributed by atoms with Crippen LogP contribution in [0.15, 0.2) is 78.9 Å². The molecular weight excluding hydrogens is 1090 g/mol. The third-order valence-corrected chi connectivity index (χ3v) is 11.9. The number of hydrogen-bond acceptors (Lipinski definition) is 0. The third-order valence-electron chi connectivity index (χ3n) is 9.43. The zero-order valence-corrected chi connectivity index (χ0v) is 32.2. The first-order valence-electron chi connectivity index (χ1n) is 16.6. The highest BCUT2D eigenvalue weighted by atomic mass is 31.1. The highest BCUT2D eigenvalue weighted by Gasteiger charge is 2.97. The van der Waals surface area contributed by atoms with Crippen LogP contribution in [0.25, 0.3) is 0 Å². The molecule has 3 aromatic rings. The Kier molecular flexibility index (Phi) is 14.2. The van der Waals surface area contributed by atoms with E-state index in [1.54, 1.807) is 0 Å². The van der Waals surface area contributed by atoms with Crippen LogP contribution in [0.3, 0.4) is 0 Å². The average molecular weight is 1100 g/mol. The van der Waals surface area contributed by atoms with E-state index in [0.717, 1.165) is 30.3 Å². The normalized spacial score (nSPS) is 15.8. The van der Waals surface area contributed by atoms with Crippen LogP contribution in [0, 0.1) is 0 Å². The first kappa shape index (κ1) is 59.0. The van der Waals surface area contributed by atoms with Crippen molar-refractivity contribution in [1.29, 1.82) is 0 Å². The quantitative estimate of drug-likeness (QED) is 0.0934. The maximum Gasteiger partial charge on any atom is 0.460 e. The van der Waals surface area contributed by atoms with Crippen molar-refractivity contribution in [2.24, 2.45) is 0 Å². The molecule has 0 amide bonds. The zero-order valence-electron chi connectivity index (χ0n) is 31.3. The van der Waals surface area contributed by atoms with Gasteiger partial charge in [-0.2, -0.15) is 149 Å². The van der Waals surface area contributed by atoms with Crippen molar-refractivity contribution in [3.63, 3.8) is 0 Å². The minimum absolute atomic E-state index is 0.0263. The lowest BCUT2D eigenvalue weighted by molar-refractivity contribution is -0.462. The van der Waals surface area contributed by atoms with Crippen molar-refractivity contribution in [3.8, 4) is 0 Å². The smallest absolute Gasteiger partial charge is 0.194 e. The molecule has 69 heavy (non-hydrogen) atoms. The Bertz CT molecular complexity index is 2130. The summed E-state index contributed by atoms with van der Waals surface area (Å²) in [4.78, 5) is 0.